The van der Waals surface area contributed by atoms with Gasteiger partial charge in [-0.25, -0.2) is 0 Å². The number of ether oxygens (including phenoxy) is 1. The maximum atomic E-state index is 15.1. The van der Waals surface area contributed by atoms with Crippen LogP contribution < -0.4 is 14.8 Å². The van der Waals surface area contributed by atoms with Gasteiger partial charge >= 0.3 is 164 Å². The molecule has 1 unspecified atom stereocenters. The Morgan fingerprint density at radius 3 is 2.45 bits per heavy atom. The van der Waals surface area contributed by atoms with Crippen LogP contribution in [0, 0.1) is 5.82 Å². The number of hydrogen-bond acceptors (Lipinski definition) is 7. The second-order valence-corrected chi connectivity index (χ2v) is 10.4. The van der Waals surface area contributed by atoms with Crippen LogP contribution in [0.3, 0.4) is 0 Å². The Balaban J connectivity index is 1.47. The van der Waals surface area contributed by atoms with Crippen molar-refractivity contribution >= 4 is 38.1 Å². The molecule has 10 heteroatoms. The molecule has 0 spiro atoms. The van der Waals surface area contributed by atoms with Crippen LogP contribution in [-0.2, 0) is 0 Å². The molecule has 2 aliphatic rings. The Hall–Kier alpha value is -2.22. The van der Waals surface area contributed by atoms with E-state index >= 15 is 4.39 Å². The Morgan fingerprint density at radius 1 is 1.06 bits per heavy atom. The molecule has 2 N–H and O–H groups in total. The molecule has 33 heavy (non-hydrogen) atoms. The number of anilines is 1. The Labute approximate surface area is 201 Å². The molecule has 1 atom stereocenters. The number of nitrogens with two attached hydrogens (primary N) is 1. The first-order chi connectivity index (χ1) is 16.0. The summed E-state index contributed by atoms with van der Waals surface area (Å²) in [5.74, 6) is 0.608. The van der Waals surface area contributed by atoms with Crippen LogP contribution in [0.5, 0.6) is 5.75 Å². The summed E-state index contributed by atoms with van der Waals surface area (Å²) in [6.07, 6.45) is 5.74. The fourth-order valence-electron chi connectivity index (χ4n) is 5.22. The normalized spacial score (nSPS) is 22.7. The topological polar surface area (TPSA) is 85.3 Å². The molecule has 0 bridgehead atoms. The van der Waals surface area contributed by atoms with Gasteiger partial charge in [0.05, 0.1) is 0 Å². The molecule has 3 aromatic rings. The van der Waals surface area contributed by atoms with Crippen molar-refractivity contribution in [2.24, 2.45) is 0 Å². The van der Waals surface area contributed by atoms with Gasteiger partial charge in [-0.05, 0) is 7.05 Å². The van der Waals surface area contributed by atoms with Gasteiger partial charge in [-0.15, -0.1) is 0 Å². The second-order valence-electron chi connectivity index (χ2n) is 9.13. The molecule has 1 aliphatic carbocycles. The van der Waals surface area contributed by atoms with E-state index in [2.05, 4.69) is 26.8 Å². The zero-order valence-corrected chi connectivity index (χ0v) is 21.6. The van der Waals surface area contributed by atoms with Crippen molar-refractivity contribution in [2.45, 2.75) is 37.8 Å². The van der Waals surface area contributed by atoms with Gasteiger partial charge in [0.15, 0.2) is 0 Å². The van der Waals surface area contributed by atoms with Crippen molar-refractivity contribution in [3.05, 3.63) is 24.3 Å². The standard InChI is InChI=1S/C23H31AsFN7O/c1-30-7-9-31(10-8-30)14-3-5-15(6-4-14)32-23-20(22(26)27-13-28-23)21(29-32)16-11-19(33-2)17(24)12-18(16)25/h11-15H,3-10,24H2,1-2H3,(H2,26,27,28)/t14-,15-. The summed E-state index contributed by atoms with van der Waals surface area (Å²) in [6.45, 7) is 4.55. The fourth-order valence-corrected chi connectivity index (χ4v) is 5.95. The van der Waals surface area contributed by atoms with E-state index in [9.17, 15) is 0 Å². The number of aromatic nitrogens is 4. The second kappa shape index (κ2) is 9.20. The zero-order valence-electron chi connectivity index (χ0n) is 19.2. The van der Waals surface area contributed by atoms with Crippen LogP contribution in [0.4, 0.5) is 10.2 Å². The van der Waals surface area contributed by atoms with Crippen molar-refractivity contribution in [3.63, 3.8) is 0 Å². The fraction of sp³-hybridized carbons (Fsp3) is 0.522. The minimum absolute atomic E-state index is 0.206. The molecule has 0 amide bonds. The number of nitrogens with zero attached hydrogens (tertiary/aromatic N) is 6. The van der Waals surface area contributed by atoms with E-state index in [0.29, 0.717) is 39.9 Å². The zero-order chi connectivity index (χ0) is 23.1. The van der Waals surface area contributed by atoms with Gasteiger partial charge in [0.25, 0.3) is 0 Å². The summed E-state index contributed by atoms with van der Waals surface area (Å²) in [7, 11) is 3.78. The third-order valence-electron chi connectivity index (χ3n) is 7.16. The van der Waals surface area contributed by atoms with E-state index in [4.69, 9.17) is 15.6 Å². The number of halogens is 1. The molecule has 8 nitrogen and oxygen atoms in total. The average Bonchev–Trinajstić information content (AvgIpc) is 3.21. The van der Waals surface area contributed by atoms with Crippen LogP contribution in [0.25, 0.3) is 22.3 Å². The number of methoxy groups -OCH3 is 1. The Kier molecular flexibility index (Phi) is 6.29. The molecule has 176 valence electrons. The first-order valence-electron chi connectivity index (χ1n) is 11.5. The Bertz CT molecular complexity index is 1150. The van der Waals surface area contributed by atoms with E-state index in [1.165, 1.54) is 29.2 Å². The van der Waals surface area contributed by atoms with Gasteiger partial charge in [0.1, 0.15) is 0 Å². The number of rotatable bonds is 4. The maximum absolute atomic E-state index is 15.1. The predicted octanol–water partition coefficient (Wildman–Crippen LogP) is 1.21. The molecule has 2 fully saturated rings. The van der Waals surface area contributed by atoms with Crippen LogP contribution in [0.15, 0.2) is 18.5 Å². The van der Waals surface area contributed by atoms with Gasteiger partial charge in [-0.2, -0.15) is 0 Å². The van der Waals surface area contributed by atoms with E-state index in [-0.39, 0.29) is 11.9 Å². The third kappa shape index (κ3) is 4.22. The summed E-state index contributed by atoms with van der Waals surface area (Å²) in [4.78, 5) is 13.7. The average molecular weight is 515 g/mol. The number of hydrogen-bond donors (Lipinski definition) is 1. The quantitative estimate of drug-likeness (QED) is 0.523. The molecule has 1 aromatic carbocycles. The van der Waals surface area contributed by atoms with E-state index in [1.54, 1.807) is 13.2 Å². The molecule has 1 aliphatic heterocycles. The molecule has 1 saturated carbocycles. The van der Waals surface area contributed by atoms with Gasteiger partial charge in [-0.3, -0.25) is 0 Å². The summed E-state index contributed by atoms with van der Waals surface area (Å²) < 4.78 is 23.3. The summed E-state index contributed by atoms with van der Waals surface area (Å²) >= 11 is 1.31. The molecule has 2 aromatic heterocycles. The van der Waals surface area contributed by atoms with Crippen LogP contribution in [0.1, 0.15) is 31.7 Å². The van der Waals surface area contributed by atoms with Crippen molar-refractivity contribution in [2.75, 3.05) is 46.1 Å². The van der Waals surface area contributed by atoms with Crippen molar-refractivity contribution in [1.29, 1.82) is 0 Å². The van der Waals surface area contributed by atoms with E-state index in [0.717, 1.165) is 56.2 Å². The van der Waals surface area contributed by atoms with Crippen molar-refractivity contribution < 1.29 is 9.13 Å². The van der Waals surface area contributed by atoms with E-state index in [1.807, 2.05) is 4.68 Å². The van der Waals surface area contributed by atoms with Crippen LogP contribution >= 0.6 is 0 Å². The number of likely N-dealkylation sites (N-methyl/N-ethyl adjacent to an activating group) is 1. The summed E-state index contributed by atoms with van der Waals surface area (Å²) in [6, 6.07) is 4.03. The predicted molar refractivity (Wildman–Crippen MR) is 130 cm³/mol. The van der Waals surface area contributed by atoms with Gasteiger partial charge in [0, 0.05) is 26.2 Å². The molecule has 1 saturated heterocycles. The summed E-state index contributed by atoms with van der Waals surface area (Å²) in [5, 5.41) is 5.49. The van der Waals surface area contributed by atoms with Crippen LogP contribution in [0.2, 0.25) is 0 Å². The molecule has 5 rings (SSSR count). The number of nitrogen functional groups attached to an aromatic ring is 1. The summed E-state index contributed by atoms with van der Waals surface area (Å²) in [5.41, 5.74) is 7.77. The first-order valence-corrected chi connectivity index (χ1v) is 12.7. The minimum atomic E-state index is -0.344. The Morgan fingerprint density at radius 2 is 1.76 bits per heavy atom. The monoisotopic (exact) mass is 515 g/mol. The van der Waals surface area contributed by atoms with E-state index < -0.39 is 0 Å². The molecule has 0 radical (unpaired) electrons. The number of benzene rings is 1. The van der Waals surface area contributed by atoms with Gasteiger partial charge < -0.3 is 4.90 Å². The molecular weight excluding hydrogens is 484 g/mol. The SMILES string of the molecule is COc1cc(-c2nn([C@H]3CC[C@H](N4CCN(C)CC4)CC3)c3ncnc(N)c23)c(F)cc1[AsH2]. The van der Waals surface area contributed by atoms with Crippen molar-refractivity contribution in [3.8, 4) is 17.0 Å². The van der Waals surface area contributed by atoms with Crippen LogP contribution in [-0.4, -0.2) is 92.8 Å². The number of fused-ring (bicyclic) bond motifs is 1. The van der Waals surface area contributed by atoms with Gasteiger partial charge in [0.2, 0.25) is 0 Å². The first kappa shape index (κ1) is 22.6. The third-order valence-corrected chi connectivity index (χ3v) is 8.11. The molecule has 3 heterocycles. The molecular formula is C23H31AsFN7O. The number of piperazine rings is 1. The van der Waals surface area contributed by atoms with Crippen molar-refractivity contribution in [1.82, 2.24) is 29.5 Å². The van der Waals surface area contributed by atoms with Gasteiger partial charge in [-0.1, -0.05) is 0 Å².